The number of ether oxygens (including phenoxy) is 2. The van der Waals surface area contributed by atoms with Crippen molar-refractivity contribution in [2.75, 3.05) is 57.7 Å². The summed E-state index contributed by atoms with van der Waals surface area (Å²) in [5.41, 5.74) is 1.18. The first-order valence-electron chi connectivity index (χ1n) is 10.2. The van der Waals surface area contributed by atoms with E-state index >= 15 is 0 Å². The second kappa shape index (κ2) is 9.53. The van der Waals surface area contributed by atoms with Crippen LogP contribution in [0.3, 0.4) is 0 Å². The highest BCUT2D eigenvalue weighted by Crippen LogP contribution is 2.32. The number of nitrogens with zero attached hydrogens (tertiary/aromatic N) is 3. The van der Waals surface area contributed by atoms with E-state index in [0.717, 1.165) is 29.6 Å². The minimum Gasteiger partial charge on any atom is -0.497 e. The Morgan fingerprint density at radius 1 is 1.19 bits per heavy atom. The lowest BCUT2D eigenvalue weighted by Gasteiger charge is -2.29. The van der Waals surface area contributed by atoms with Crippen molar-refractivity contribution in [2.45, 2.75) is 4.90 Å². The van der Waals surface area contributed by atoms with Gasteiger partial charge < -0.3 is 9.47 Å². The van der Waals surface area contributed by atoms with Crippen LogP contribution in [0.5, 0.6) is 5.75 Å². The Hall–Kier alpha value is -2.53. The number of fused-ring (bicyclic) bond motifs is 1. The quantitative estimate of drug-likeness (QED) is 0.519. The molecule has 2 aromatic carbocycles. The minimum absolute atomic E-state index is 0.181. The second-order valence-electron chi connectivity index (χ2n) is 7.54. The molecule has 0 spiro atoms. The van der Waals surface area contributed by atoms with E-state index in [0.29, 0.717) is 42.7 Å². The number of thiazole rings is 1. The lowest BCUT2D eigenvalue weighted by atomic mass is 10.2. The number of sulfone groups is 1. The molecule has 0 N–H and O–H groups in total. The molecule has 10 heteroatoms. The molecule has 1 amide bonds. The summed E-state index contributed by atoms with van der Waals surface area (Å²) in [7, 11) is -1.73. The fraction of sp³-hybridized carbons (Fsp3) is 0.364. The molecule has 0 radical (unpaired) electrons. The molecular weight excluding hydrogens is 450 g/mol. The predicted octanol–water partition coefficient (Wildman–Crippen LogP) is 2.69. The van der Waals surface area contributed by atoms with Crippen molar-refractivity contribution in [3.05, 3.63) is 48.0 Å². The van der Waals surface area contributed by atoms with Crippen LogP contribution in [0.1, 0.15) is 10.4 Å². The largest absolute Gasteiger partial charge is 0.497 e. The molecule has 8 nitrogen and oxygen atoms in total. The molecule has 0 unspecified atom stereocenters. The number of benzene rings is 2. The third kappa shape index (κ3) is 5.09. The SMILES string of the molecule is COc1ccc2sc(N(CCN3CCOCC3)C(=O)c3ccc(S(C)(=O)=O)cc3)nc2c1. The Kier molecular flexibility index (Phi) is 6.75. The number of anilines is 1. The number of hydrogen-bond acceptors (Lipinski definition) is 8. The van der Waals surface area contributed by atoms with Crippen LogP contribution in [0.25, 0.3) is 10.2 Å². The molecular formula is C22H25N3O5S2. The van der Waals surface area contributed by atoms with Gasteiger partial charge in [0.2, 0.25) is 0 Å². The van der Waals surface area contributed by atoms with E-state index < -0.39 is 9.84 Å². The zero-order chi connectivity index (χ0) is 22.7. The molecule has 0 bridgehead atoms. The highest BCUT2D eigenvalue weighted by molar-refractivity contribution is 7.90. The molecule has 0 saturated carbocycles. The number of hydrogen-bond donors (Lipinski definition) is 0. The van der Waals surface area contributed by atoms with E-state index in [-0.39, 0.29) is 10.8 Å². The van der Waals surface area contributed by atoms with Crippen molar-refractivity contribution < 1.29 is 22.7 Å². The third-order valence-electron chi connectivity index (χ3n) is 5.33. The summed E-state index contributed by atoms with van der Waals surface area (Å²) < 4.78 is 35.2. The molecule has 0 atom stereocenters. The molecule has 2 heterocycles. The summed E-state index contributed by atoms with van der Waals surface area (Å²) in [6, 6.07) is 11.7. The number of aromatic nitrogens is 1. The molecule has 1 fully saturated rings. The molecule has 1 aliphatic heterocycles. The van der Waals surface area contributed by atoms with Gasteiger partial charge in [0.25, 0.3) is 5.91 Å². The highest BCUT2D eigenvalue weighted by atomic mass is 32.2. The van der Waals surface area contributed by atoms with Gasteiger partial charge in [-0.1, -0.05) is 11.3 Å². The second-order valence-corrected chi connectivity index (χ2v) is 10.6. The van der Waals surface area contributed by atoms with Crippen LogP contribution in [0.15, 0.2) is 47.4 Å². The Morgan fingerprint density at radius 3 is 2.56 bits per heavy atom. The van der Waals surface area contributed by atoms with Gasteiger partial charge in [-0.25, -0.2) is 13.4 Å². The predicted molar refractivity (Wildman–Crippen MR) is 125 cm³/mol. The van der Waals surface area contributed by atoms with Gasteiger partial charge in [-0.05, 0) is 36.4 Å². The molecule has 170 valence electrons. The summed E-state index contributed by atoms with van der Waals surface area (Å²) in [5, 5.41) is 0.596. The maximum atomic E-state index is 13.5. The van der Waals surface area contributed by atoms with Crippen LogP contribution in [0, 0.1) is 0 Å². The summed E-state index contributed by atoms with van der Waals surface area (Å²) in [6.45, 7) is 4.16. The monoisotopic (exact) mass is 475 g/mol. The molecule has 0 aliphatic carbocycles. The van der Waals surface area contributed by atoms with Gasteiger partial charge in [-0.3, -0.25) is 14.6 Å². The topological polar surface area (TPSA) is 89.0 Å². The van der Waals surface area contributed by atoms with Crippen molar-refractivity contribution >= 4 is 42.4 Å². The van der Waals surface area contributed by atoms with Gasteiger partial charge >= 0.3 is 0 Å². The maximum Gasteiger partial charge on any atom is 0.260 e. The highest BCUT2D eigenvalue weighted by Gasteiger charge is 2.23. The van der Waals surface area contributed by atoms with Gasteiger partial charge in [-0.2, -0.15) is 0 Å². The first kappa shape index (κ1) is 22.7. The van der Waals surface area contributed by atoms with Crippen LogP contribution in [-0.2, 0) is 14.6 Å². The van der Waals surface area contributed by atoms with Gasteiger partial charge in [0.15, 0.2) is 15.0 Å². The normalized spacial score (nSPS) is 15.1. The van der Waals surface area contributed by atoms with Crippen molar-refractivity contribution in [3.63, 3.8) is 0 Å². The Labute approximate surface area is 191 Å². The number of carbonyl (C=O) groups excluding carboxylic acids is 1. The van der Waals surface area contributed by atoms with Crippen molar-refractivity contribution in [2.24, 2.45) is 0 Å². The van der Waals surface area contributed by atoms with Crippen LogP contribution in [-0.4, -0.2) is 77.0 Å². The first-order chi connectivity index (χ1) is 15.3. The van der Waals surface area contributed by atoms with Crippen LogP contribution in [0.4, 0.5) is 5.13 Å². The van der Waals surface area contributed by atoms with E-state index in [2.05, 4.69) is 4.90 Å². The van der Waals surface area contributed by atoms with E-state index in [1.54, 1.807) is 24.1 Å². The summed E-state index contributed by atoms with van der Waals surface area (Å²) in [5.74, 6) is 0.487. The minimum atomic E-state index is -3.33. The van der Waals surface area contributed by atoms with Crippen LogP contribution < -0.4 is 9.64 Å². The molecule has 3 aromatic rings. The number of amides is 1. The first-order valence-corrected chi connectivity index (χ1v) is 12.9. The van der Waals surface area contributed by atoms with E-state index in [9.17, 15) is 13.2 Å². The average molecular weight is 476 g/mol. The lowest BCUT2D eigenvalue weighted by molar-refractivity contribution is 0.0391. The Balaban J connectivity index is 1.64. The molecule has 4 rings (SSSR count). The van der Waals surface area contributed by atoms with Gasteiger partial charge in [0.05, 0.1) is 35.4 Å². The summed E-state index contributed by atoms with van der Waals surface area (Å²) in [6.07, 6.45) is 1.15. The number of rotatable bonds is 7. The van der Waals surface area contributed by atoms with Crippen molar-refractivity contribution in [3.8, 4) is 5.75 Å². The van der Waals surface area contributed by atoms with E-state index in [4.69, 9.17) is 14.5 Å². The fourth-order valence-corrected chi connectivity index (χ4v) is 5.09. The zero-order valence-electron chi connectivity index (χ0n) is 18.0. The maximum absolute atomic E-state index is 13.5. The molecule has 1 aromatic heterocycles. The van der Waals surface area contributed by atoms with E-state index in [1.165, 1.54) is 23.5 Å². The van der Waals surface area contributed by atoms with Crippen LogP contribution in [0.2, 0.25) is 0 Å². The fourth-order valence-electron chi connectivity index (χ4n) is 3.49. The number of methoxy groups -OCH3 is 1. The molecule has 32 heavy (non-hydrogen) atoms. The summed E-state index contributed by atoms with van der Waals surface area (Å²) in [4.78, 5) is 22.3. The average Bonchev–Trinajstić information content (AvgIpc) is 3.22. The van der Waals surface area contributed by atoms with Crippen molar-refractivity contribution in [1.29, 1.82) is 0 Å². The van der Waals surface area contributed by atoms with Crippen molar-refractivity contribution in [1.82, 2.24) is 9.88 Å². The third-order valence-corrected chi connectivity index (χ3v) is 7.52. The zero-order valence-corrected chi connectivity index (χ0v) is 19.6. The summed E-state index contributed by atoms with van der Waals surface area (Å²) >= 11 is 1.44. The Bertz CT molecular complexity index is 1200. The van der Waals surface area contributed by atoms with Gasteiger partial charge in [-0.15, -0.1) is 0 Å². The number of carbonyl (C=O) groups is 1. The van der Waals surface area contributed by atoms with Gasteiger partial charge in [0, 0.05) is 44.1 Å². The molecule has 1 aliphatic rings. The lowest BCUT2D eigenvalue weighted by Crippen LogP contribution is -2.43. The standard InChI is InChI=1S/C22H25N3O5S2/c1-29-17-5-8-20-19(15-17)23-22(31-20)25(10-9-24-11-13-30-14-12-24)21(26)16-3-6-18(7-4-16)32(2,27)28/h3-8,15H,9-14H2,1-2H3. The number of morpholine rings is 1. The molecule has 1 saturated heterocycles. The van der Waals surface area contributed by atoms with Crippen LogP contribution >= 0.6 is 11.3 Å². The Morgan fingerprint density at radius 2 is 1.91 bits per heavy atom. The van der Waals surface area contributed by atoms with E-state index in [1.807, 2.05) is 18.2 Å². The smallest absolute Gasteiger partial charge is 0.260 e. The van der Waals surface area contributed by atoms with Gasteiger partial charge in [0.1, 0.15) is 5.75 Å².